The first-order valence-corrected chi connectivity index (χ1v) is 7.81. The van der Waals surface area contributed by atoms with Crippen LogP contribution in [0.25, 0.3) is 0 Å². The Kier molecular flexibility index (Phi) is 5.12. The Bertz CT molecular complexity index is 346. The van der Waals surface area contributed by atoms with Crippen molar-refractivity contribution in [1.82, 2.24) is 0 Å². The summed E-state index contributed by atoms with van der Waals surface area (Å²) < 4.78 is 0. The highest BCUT2D eigenvalue weighted by atomic mass is 35.5. The zero-order valence-corrected chi connectivity index (χ0v) is 12.4. The second kappa shape index (κ2) is 6.61. The van der Waals surface area contributed by atoms with Crippen LogP contribution >= 0.6 is 11.6 Å². The molecule has 18 heavy (non-hydrogen) atoms. The Morgan fingerprint density at radius 3 is 2.28 bits per heavy atom. The second-order valence-corrected chi connectivity index (χ2v) is 6.72. The molecule has 0 heterocycles. The monoisotopic (exact) mass is 264 g/mol. The molecule has 1 saturated carbocycles. The van der Waals surface area contributed by atoms with Crippen molar-refractivity contribution in [3.05, 3.63) is 35.4 Å². The molecule has 0 spiro atoms. The van der Waals surface area contributed by atoms with Crippen molar-refractivity contribution in [2.24, 2.45) is 11.8 Å². The largest absolute Gasteiger partial charge is 0.118 e. The molecule has 0 radical (unpaired) electrons. The minimum Gasteiger partial charge on any atom is -0.118 e. The molecular formula is C17H25Cl. The minimum atomic E-state index is 0.209. The van der Waals surface area contributed by atoms with E-state index in [-0.39, 0.29) is 5.38 Å². The first-order chi connectivity index (χ1) is 8.65. The van der Waals surface area contributed by atoms with Gasteiger partial charge in [-0.15, -0.1) is 11.6 Å². The van der Waals surface area contributed by atoms with Crippen LogP contribution in [0.4, 0.5) is 0 Å². The van der Waals surface area contributed by atoms with E-state index in [1.54, 1.807) is 0 Å². The maximum atomic E-state index is 6.54. The van der Waals surface area contributed by atoms with Gasteiger partial charge in [-0.05, 0) is 35.8 Å². The van der Waals surface area contributed by atoms with Crippen molar-refractivity contribution in [2.45, 2.75) is 57.7 Å². The molecule has 0 aromatic heterocycles. The van der Waals surface area contributed by atoms with Crippen molar-refractivity contribution in [3.63, 3.8) is 0 Å². The van der Waals surface area contributed by atoms with Gasteiger partial charge in [0.25, 0.3) is 0 Å². The smallest absolute Gasteiger partial charge is 0.0587 e. The van der Waals surface area contributed by atoms with Gasteiger partial charge in [0, 0.05) is 0 Å². The first kappa shape index (κ1) is 13.9. The van der Waals surface area contributed by atoms with E-state index in [0.717, 1.165) is 24.7 Å². The summed E-state index contributed by atoms with van der Waals surface area (Å²) in [4.78, 5) is 0. The van der Waals surface area contributed by atoms with Crippen LogP contribution in [0.3, 0.4) is 0 Å². The van der Waals surface area contributed by atoms with Crippen LogP contribution in [0.5, 0.6) is 0 Å². The normalized spacial score (nSPS) is 18.4. The fourth-order valence-electron chi connectivity index (χ4n) is 3.01. The summed E-state index contributed by atoms with van der Waals surface area (Å²) in [6.07, 6.45) is 7.90. The van der Waals surface area contributed by atoms with Crippen molar-refractivity contribution in [2.75, 3.05) is 0 Å². The summed E-state index contributed by atoms with van der Waals surface area (Å²) in [5, 5.41) is 0.209. The average molecular weight is 265 g/mol. The molecule has 0 bridgehead atoms. The molecule has 0 nitrogen and oxygen atoms in total. The van der Waals surface area contributed by atoms with Gasteiger partial charge in [-0.1, -0.05) is 63.8 Å². The van der Waals surface area contributed by atoms with E-state index in [1.807, 2.05) is 0 Å². The van der Waals surface area contributed by atoms with Crippen LogP contribution in [0, 0.1) is 11.8 Å². The highest BCUT2D eigenvalue weighted by molar-refractivity contribution is 6.20. The Labute approximate surface area is 117 Å². The third-order valence-corrected chi connectivity index (χ3v) is 4.43. The maximum absolute atomic E-state index is 6.54. The van der Waals surface area contributed by atoms with E-state index in [0.29, 0.717) is 0 Å². The number of rotatable bonds is 5. The second-order valence-electron chi connectivity index (χ2n) is 6.19. The predicted molar refractivity (Wildman–Crippen MR) is 80.2 cm³/mol. The molecule has 1 fully saturated rings. The van der Waals surface area contributed by atoms with Crippen molar-refractivity contribution < 1.29 is 0 Å². The summed E-state index contributed by atoms with van der Waals surface area (Å²) in [7, 11) is 0. The lowest BCUT2D eigenvalue weighted by molar-refractivity contribution is 0.496. The fraction of sp³-hybridized carbons (Fsp3) is 0.647. The van der Waals surface area contributed by atoms with E-state index < -0.39 is 0 Å². The van der Waals surface area contributed by atoms with Crippen molar-refractivity contribution in [3.8, 4) is 0 Å². The highest BCUT2D eigenvalue weighted by Crippen LogP contribution is 2.36. The molecule has 2 rings (SSSR count). The van der Waals surface area contributed by atoms with Crippen LogP contribution in [-0.2, 0) is 6.42 Å². The average Bonchev–Trinajstić information content (AvgIpc) is 2.82. The lowest BCUT2D eigenvalue weighted by Gasteiger charge is -2.15. The predicted octanol–water partition coefficient (Wildman–Crippen LogP) is 5.75. The number of alkyl halides is 1. The Morgan fingerprint density at radius 2 is 1.72 bits per heavy atom. The Morgan fingerprint density at radius 1 is 1.11 bits per heavy atom. The van der Waals surface area contributed by atoms with Gasteiger partial charge < -0.3 is 0 Å². The van der Waals surface area contributed by atoms with Gasteiger partial charge in [-0.2, -0.15) is 0 Å². The van der Waals surface area contributed by atoms with Crippen LogP contribution < -0.4 is 0 Å². The summed E-state index contributed by atoms with van der Waals surface area (Å²) >= 11 is 6.54. The van der Waals surface area contributed by atoms with E-state index in [9.17, 15) is 0 Å². The summed E-state index contributed by atoms with van der Waals surface area (Å²) in [5.41, 5.74) is 2.73. The number of hydrogen-bond acceptors (Lipinski definition) is 0. The molecule has 1 unspecified atom stereocenters. The Hall–Kier alpha value is -0.490. The SMILES string of the molecule is CC(C)Cc1ccc(C(Cl)CC2CCCC2)cc1. The Balaban J connectivity index is 1.91. The topological polar surface area (TPSA) is 0 Å². The van der Waals surface area contributed by atoms with Gasteiger partial charge in [-0.3, -0.25) is 0 Å². The zero-order valence-electron chi connectivity index (χ0n) is 11.7. The molecule has 0 saturated heterocycles. The van der Waals surface area contributed by atoms with E-state index in [4.69, 9.17) is 11.6 Å². The van der Waals surface area contributed by atoms with E-state index in [1.165, 1.54) is 36.8 Å². The third-order valence-electron chi connectivity index (χ3n) is 4.00. The first-order valence-electron chi connectivity index (χ1n) is 7.38. The molecule has 1 aromatic rings. The standard InChI is InChI=1S/C17H25Cl/c1-13(2)11-15-7-9-16(10-8-15)17(18)12-14-5-3-4-6-14/h7-10,13-14,17H,3-6,11-12H2,1-2H3. The van der Waals surface area contributed by atoms with Gasteiger partial charge in [-0.25, -0.2) is 0 Å². The van der Waals surface area contributed by atoms with Crippen LogP contribution in [-0.4, -0.2) is 0 Å². The fourth-order valence-corrected chi connectivity index (χ4v) is 3.41. The van der Waals surface area contributed by atoms with E-state index >= 15 is 0 Å². The third kappa shape index (κ3) is 4.02. The summed E-state index contributed by atoms with van der Waals surface area (Å²) in [5.74, 6) is 1.59. The number of hydrogen-bond donors (Lipinski definition) is 0. The van der Waals surface area contributed by atoms with Gasteiger partial charge in [0.2, 0.25) is 0 Å². The molecular weight excluding hydrogens is 240 g/mol. The molecule has 1 aromatic carbocycles. The molecule has 1 aliphatic rings. The van der Waals surface area contributed by atoms with Gasteiger partial charge in [0.05, 0.1) is 5.38 Å². The maximum Gasteiger partial charge on any atom is 0.0587 e. The van der Waals surface area contributed by atoms with Crippen LogP contribution in [0.15, 0.2) is 24.3 Å². The molecule has 100 valence electrons. The van der Waals surface area contributed by atoms with Crippen molar-refractivity contribution >= 4 is 11.6 Å². The van der Waals surface area contributed by atoms with Gasteiger partial charge >= 0.3 is 0 Å². The van der Waals surface area contributed by atoms with Crippen LogP contribution in [0.1, 0.15) is 62.5 Å². The lowest BCUT2D eigenvalue weighted by Crippen LogP contribution is -2.00. The quantitative estimate of drug-likeness (QED) is 0.595. The molecule has 0 amide bonds. The van der Waals surface area contributed by atoms with Crippen molar-refractivity contribution in [1.29, 1.82) is 0 Å². The summed E-state index contributed by atoms with van der Waals surface area (Å²) in [6, 6.07) is 8.95. The van der Waals surface area contributed by atoms with E-state index in [2.05, 4.69) is 38.1 Å². The molecule has 0 N–H and O–H groups in total. The van der Waals surface area contributed by atoms with Crippen LogP contribution in [0.2, 0.25) is 0 Å². The summed E-state index contributed by atoms with van der Waals surface area (Å²) in [6.45, 7) is 4.52. The van der Waals surface area contributed by atoms with Gasteiger partial charge in [0.15, 0.2) is 0 Å². The highest BCUT2D eigenvalue weighted by Gasteiger charge is 2.19. The lowest BCUT2D eigenvalue weighted by atomic mass is 9.96. The minimum absolute atomic E-state index is 0.209. The molecule has 1 heteroatoms. The molecule has 1 atom stereocenters. The van der Waals surface area contributed by atoms with Gasteiger partial charge in [0.1, 0.15) is 0 Å². The number of benzene rings is 1. The molecule has 1 aliphatic carbocycles. The number of halogens is 1. The zero-order chi connectivity index (χ0) is 13.0. The molecule has 0 aliphatic heterocycles.